The summed E-state index contributed by atoms with van der Waals surface area (Å²) in [5, 5.41) is 0. The Bertz CT molecular complexity index is 393. The topological polar surface area (TPSA) is 72.9 Å². The molecule has 0 fully saturated rings. The van der Waals surface area contributed by atoms with Gasteiger partial charge in [0.05, 0.1) is 0 Å². The summed E-state index contributed by atoms with van der Waals surface area (Å²) in [6.45, 7) is 10.9. The average Bonchev–Trinajstić information content (AvgIpc) is 2.32. The van der Waals surface area contributed by atoms with Crippen molar-refractivity contribution in [2.24, 2.45) is 0 Å². The number of hydrogen-bond acceptors (Lipinski definition) is 5. The van der Waals surface area contributed by atoms with Gasteiger partial charge in [0.2, 0.25) is 0 Å². The molecule has 6 nitrogen and oxygen atoms in total. The molecule has 23 heavy (non-hydrogen) atoms. The molecule has 0 atom stereocenters. The van der Waals surface area contributed by atoms with Crippen LogP contribution in [0.1, 0.15) is 67.2 Å². The fourth-order valence-electron chi connectivity index (χ4n) is 1.80. The van der Waals surface area contributed by atoms with E-state index in [4.69, 9.17) is 9.47 Å². The Balaban J connectivity index is 4.62. The van der Waals surface area contributed by atoms with Gasteiger partial charge in [-0.15, -0.1) is 0 Å². The standard InChI is InChI=1S/C17H31NO5/c1-16(2,3)22-14(20)13-18(11-9-7-8-10-12-19)15(21)23-17(4,5)6/h12H,7-11,13H2,1-6H3. The van der Waals surface area contributed by atoms with Crippen LogP contribution in [0.25, 0.3) is 0 Å². The van der Waals surface area contributed by atoms with Gasteiger partial charge in [-0.1, -0.05) is 6.42 Å². The van der Waals surface area contributed by atoms with Gasteiger partial charge < -0.3 is 14.3 Å². The lowest BCUT2D eigenvalue weighted by Crippen LogP contribution is -2.42. The lowest BCUT2D eigenvalue weighted by atomic mass is 10.2. The molecule has 0 bridgehead atoms. The second-order valence-corrected chi connectivity index (χ2v) is 7.50. The molecule has 0 aromatic rings. The summed E-state index contributed by atoms with van der Waals surface area (Å²) < 4.78 is 10.6. The molecule has 6 heteroatoms. The van der Waals surface area contributed by atoms with Crippen molar-refractivity contribution < 1.29 is 23.9 Å². The highest BCUT2D eigenvalue weighted by Gasteiger charge is 2.26. The lowest BCUT2D eigenvalue weighted by Gasteiger charge is -2.28. The minimum Gasteiger partial charge on any atom is -0.459 e. The van der Waals surface area contributed by atoms with Crippen molar-refractivity contribution in [3.05, 3.63) is 0 Å². The van der Waals surface area contributed by atoms with E-state index in [1.165, 1.54) is 4.90 Å². The fraction of sp³-hybridized carbons (Fsp3) is 0.824. The lowest BCUT2D eigenvalue weighted by molar-refractivity contribution is -0.156. The molecular weight excluding hydrogens is 298 g/mol. The summed E-state index contributed by atoms with van der Waals surface area (Å²) in [6, 6.07) is 0. The summed E-state index contributed by atoms with van der Waals surface area (Å²) in [4.78, 5) is 35.8. The molecule has 0 aromatic heterocycles. The first-order valence-corrected chi connectivity index (χ1v) is 8.08. The maximum atomic E-state index is 12.2. The molecule has 0 aliphatic rings. The van der Waals surface area contributed by atoms with E-state index < -0.39 is 23.3 Å². The van der Waals surface area contributed by atoms with E-state index in [0.717, 1.165) is 19.1 Å². The molecule has 0 heterocycles. The summed E-state index contributed by atoms with van der Waals surface area (Å²) >= 11 is 0. The minimum absolute atomic E-state index is 0.139. The number of esters is 1. The highest BCUT2D eigenvalue weighted by Crippen LogP contribution is 2.13. The predicted octanol–water partition coefficient (Wildman–Crippen LogP) is 3.32. The zero-order valence-electron chi connectivity index (χ0n) is 15.3. The van der Waals surface area contributed by atoms with E-state index in [1.54, 1.807) is 41.5 Å². The smallest absolute Gasteiger partial charge is 0.410 e. The van der Waals surface area contributed by atoms with Crippen LogP contribution in [-0.2, 0) is 19.1 Å². The van der Waals surface area contributed by atoms with Crippen molar-refractivity contribution in [2.75, 3.05) is 13.1 Å². The van der Waals surface area contributed by atoms with Gasteiger partial charge in [-0.3, -0.25) is 9.69 Å². The monoisotopic (exact) mass is 329 g/mol. The van der Waals surface area contributed by atoms with Crippen LogP contribution in [0.3, 0.4) is 0 Å². The summed E-state index contributed by atoms with van der Waals surface area (Å²) in [6.07, 6.45) is 3.16. The number of unbranched alkanes of at least 4 members (excludes halogenated alkanes) is 3. The van der Waals surface area contributed by atoms with Gasteiger partial charge in [-0.2, -0.15) is 0 Å². The zero-order chi connectivity index (χ0) is 18.1. The van der Waals surface area contributed by atoms with Crippen LogP contribution in [-0.4, -0.2) is 47.5 Å². The van der Waals surface area contributed by atoms with Crippen LogP contribution >= 0.6 is 0 Å². The first-order chi connectivity index (χ1) is 10.4. The van der Waals surface area contributed by atoms with Crippen LogP contribution in [0.15, 0.2) is 0 Å². The van der Waals surface area contributed by atoms with Gasteiger partial charge in [0.15, 0.2) is 0 Å². The van der Waals surface area contributed by atoms with E-state index in [0.29, 0.717) is 19.4 Å². The average molecular weight is 329 g/mol. The summed E-state index contributed by atoms with van der Waals surface area (Å²) in [7, 11) is 0. The molecule has 0 rings (SSSR count). The molecule has 0 aliphatic carbocycles. The Morgan fingerprint density at radius 1 is 0.913 bits per heavy atom. The van der Waals surface area contributed by atoms with Gasteiger partial charge in [-0.05, 0) is 54.4 Å². The van der Waals surface area contributed by atoms with Gasteiger partial charge in [0.1, 0.15) is 24.0 Å². The first kappa shape index (κ1) is 21.4. The van der Waals surface area contributed by atoms with Gasteiger partial charge in [0.25, 0.3) is 0 Å². The second-order valence-electron chi connectivity index (χ2n) is 7.50. The Morgan fingerprint density at radius 3 is 1.96 bits per heavy atom. The van der Waals surface area contributed by atoms with E-state index in [9.17, 15) is 14.4 Å². The Morgan fingerprint density at radius 2 is 1.48 bits per heavy atom. The first-order valence-electron chi connectivity index (χ1n) is 8.08. The molecule has 0 saturated carbocycles. The number of hydrogen-bond donors (Lipinski definition) is 0. The molecule has 134 valence electrons. The highest BCUT2D eigenvalue weighted by atomic mass is 16.6. The van der Waals surface area contributed by atoms with E-state index in [1.807, 2.05) is 0 Å². The van der Waals surface area contributed by atoms with Gasteiger partial charge >= 0.3 is 12.1 Å². The Kier molecular flexibility index (Phi) is 8.87. The summed E-state index contributed by atoms with van der Waals surface area (Å²) in [5.41, 5.74) is -1.22. The van der Waals surface area contributed by atoms with Crippen LogP contribution in [0, 0.1) is 0 Å². The minimum atomic E-state index is -0.624. The molecule has 0 radical (unpaired) electrons. The second kappa shape index (κ2) is 9.53. The maximum Gasteiger partial charge on any atom is 0.410 e. The van der Waals surface area contributed by atoms with Crippen LogP contribution < -0.4 is 0 Å². The predicted molar refractivity (Wildman–Crippen MR) is 88.2 cm³/mol. The third-order valence-electron chi connectivity index (χ3n) is 2.64. The molecule has 0 spiro atoms. The van der Waals surface area contributed by atoms with Crippen molar-refractivity contribution in [3.63, 3.8) is 0 Å². The largest absolute Gasteiger partial charge is 0.459 e. The van der Waals surface area contributed by atoms with E-state index >= 15 is 0 Å². The van der Waals surface area contributed by atoms with Crippen LogP contribution in [0.4, 0.5) is 4.79 Å². The number of aldehydes is 1. The number of ether oxygens (including phenoxy) is 2. The molecule has 1 amide bonds. The van der Waals surface area contributed by atoms with Crippen molar-refractivity contribution in [2.45, 2.75) is 78.4 Å². The number of carbonyl (C=O) groups is 3. The Labute approximate surface area is 139 Å². The third kappa shape index (κ3) is 12.6. The molecule has 0 aliphatic heterocycles. The zero-order valence-corrected chi connectivity index (χ0v) is 15.3. The normalized spacial score (nSPS) is 11.7. The third-order valence-corrected chi connectivity index (χ3v) is 2.64. The molecule has 0 aromatic carbocycles. The number of rotatable bonds is 8. The molecular formula is C17H31NO5. The summed E-state index contributed by atoms with van der Waals surface area (Å²) in [5.74, 6) is -0.462. The van der Waals surface area contributed by atoms with Crippen LogP contribution in [0.5, 0.6) is 0 Å². The molecule has 0 N–H and O–H groups in total. The van der Waals surface area contributed by atoms with Gasteiger partial charge in [0, 0.05) is 13.0 Å². The van der Waals surface area contributed by atoms with Gasteiger partial charge in [-0.25, -0.2) is 4.79 Å². The number of carbonyl (C=O) groups excluding carboxylic acids is 3. The van der Waals surface area contributed by atoms with E-state index in [2.05, 4.69) is 0 Å². The molecule has 0 saturated heterocycles. The highest BCUT2D eigenvalue weighted by molar-refractivity contribution is 5.78. The number of nitrogens with zero attached hydrogens (tertiary/aromatic N) is 1. The van der Waals surface area contributed by atoms with Crippen molar-refractivity contribution in [3.8, 4) is 0 Å². The Hall–Kier alpha value is -1.59. The fourth-order valence-corrected chi connectivity index (χ4v) is 1.80. The van der Waals surface area contributed by atoms with Crippen molar-refractivity contribution in [1.82, 2.24) is 4.90 Å². The van der Waals surface area contributed by atoms with Crippen LogP contribution in [0.2, 0.25) is 0 Å². The molecule has 0 unspecified atom stereocenters. The quantitative estimate of drug-likeness (QED) is 0.388. The van der Waals surface area contributed by atoms with Crippen molar-refractivity contribution >= 4 is 18.3 Å². The maximum absolute atomic E-state index is 12.2. The van der Waals surface area contributed by atoms with E-state index in [-0.39, 0.29) is 6.54 Å². The van der Waals surface area contributed by atoms with Crippen molar-refractivity contribution in [1.29, 1.82) is 0 Å². The SMILES string of the molecule is CC(C)(C)OC(=O)CN(CCCCCC=O)C(=O)OC(C)(C)C. The number of amides is 1.